The molecular weight excluding hydrogens is 422 g/mol. The molecule has 4 rings (SSSR count). The fraction of sp³-hybridized carbons (Fsp3) is 0.0769. The monoisotopic (exact) mass is 445 g/mol. The first-order chi connectivity index (χ1) is 15.0. The molecule has 0 radical (unpaired) electrons. The second-order valence-electron chi connectivity index (χ2n) is 7.23. The van der Waals surface area contributed by atoms with Gasteiger partial charge in [-0.05, 0) is 53.4 Å². The molecule has 0 saturated heterocycles. The first kappa shape index (κ1) is 21.4. The maximum Gasteiger partial charge on any atom is 0.253 e. The summed E-state index contributed by atoms with van der Waals surface area (Å²) in [6.07, 6.45) is 1.68. The number of hydrogen-bond acceptors (Lipinski definition) is 3. The lowest BCUT2D eigenvalue weighted by atomic mass is 10.1. The van der Waals surface area contributed by atoms with Crippen molar-refractivity contribution in [1.82, 2.24) is 3.71 Å². The Morgan fingerprint density at radius 1 is 0.839 bits per heavy atom. The topological polar surface area (TPSA) is 37.4 Å². The maximum atomic E-state index is 13.8. The molecule has 0 bridgehead atoms. The van der Waals surface area contributed by atoms with Gasteiger partial charge in [-0.1, -0.05) is 90.5 Å². The third kappa shape index (κ3) is 4.44. The normalized spacial score (nSPS) is 12.7. The zero-order valence-corrected chi connectivity index (χ0v) is 18.8. The summed E-state index contributed by atoms with van der Waals surface area (Å²) in [5.74, 6) is 0. The SMILES string of the molecule is C=CC(c1ccccc1)N(Sc1cccc2ccccc12)S(=O)(=O)c1ccc(C)cc1. The summed E-state index contributed by atoms with van der Waals surface area (Å²) >= 11 is 1.23. The van der Waals surface area contributed by atoms with E-state index in [1.165, 1.54) is 15.7 Å². The van der Waals surface area contributed by atoms with Crippen molar-refractivity contribution in [2.75, 3.05) is 0 Å². The molecule has 3 nitrogen and oxygen atoms in total. The van der Waals surface area contributed by atoms with Gasteiger partial charge in [-0.15, -0.1) is 10.3 Å². The molecular formula is C26H23NO2S2. The molecule has 4 aromatic carbocycles. The molecule has 0 fully saturated rings. The van der Waals surface area contributed by atoms with Crippen molar-refractivity contribution in [3.05, 3.63) is 121 Å². The largest absolute Gasteiger partial charge is 0.253 e. The minimum Gasteiger partial charge on any atom is -0.206 e. The molecule has 0 saturated carbocycles. The smallest absolute Gasteiger partial charge is 0.206 e. The molecule has 156 valence electrons. The molecule has 1 unspecified atom stereocenters. The molecule has 1 atom stereocenters. The molecule has 31 heavy (non-hydrogen) atoms. The molecule has 0 aromatic heterocycles. The first-order valence-electron chi connectivity index (χ1n) is 9.95. The van der Waals surface area contributed by atoms with Gasteiger partial charge in [0, 0.05) is 4.90 Å². The van der Waals surface area contributed by atoms with Gasteiger partial charge in [-0.2, -0.15) is 0 Å². The summed E-state index contributed by atoms with van der Waals surface area (Å²) in [6, 6.07) is 29.9. The molecule has 4 aromatic rings. The van der Waals surface area contributed by atoms with Gasteiger partial charge in [0.2, 0.25) is 0 Å². The van der Waals surface area contributed by atoms with Gasteiger partial charge in [0.15, 0.2) is 0 Å². The van der Waals surface area contributed by atoms with E-state index in [0.29, 0.717) is 0 Å². The number of fused-ring (bicyclic) bond motifs is 1. The van der Waals surface area contributed by atoms with Crippen molar-refractivity contribution in [3.63, 3.8) is 0 Å². The molecule has 0 N–H and O–H groups in total. The van der Waals surface area contributed by atoms with Crippen LogP contribution < -0.4 is 0 Å². The predicted octanol–water partition coefficient (Wildman–Crippen LogP) is 6.77. The molecule has 0 heterocycles. The van der Waals surface area contributed by atoms with Crippen LogP contribution >= 0.6 is 11.9 Å². The number of rotatable bonds is 7. The van der Waals surface area contributed by atoms with Gasteiger partial charge in [-0.25, -0.2) is 8.42 Å². The fourth-order valence-electron chi connectivity index (χ4n) is 3.44. The van der Waals surface area contributed by atoms with Crippen molar-refractivity contribution >= 4 is 32.7 Å². The summed E-state index contributed by atoms with van der Waals surface area (Å²) in [5.41, 5.74) is 1.87. The van der Waals surface area contributed by atoms with Crippen molar-refractivity contribution in [1.29, 1.82) is 0 Å². The Balaban J connectivity index is 1.86. The number of nitrogens with zero attached hydrogens (tertiary/aromatic N) is 1. The summed E-state index contributed by atoms with van der Waals surface area (Å²) < 4.78 is 29.1. The summed E-state index contributed by atoms with van der Waals surface area (Å²) in [7, 11) is -3.82. The lowest BCUT2D eigenvalue weighted by Gasteiger charge is -2.28. The van der Waals surface area contributed by atoms with Crippen molar-refractivity contribution in [2.45, 2.75) is 22.8 Å². The van der Waals surface area contributed by atoms with Crippen LogP contribution in [0.15, 0.2) is 120 Å². The van der Waals surface area contributed by atoms with E-state index in [9.17, 15) is 8.42 Å². The minimum absolute atomic E-state index is 0.258. The zero-order valence-electron chi connectivity index (χ0n) is 17.2. The van der Waals surface area contributed by atoms with Gasteiger partial charge in [0.1, 0.15) is 0 Å². The van der Waals surface area contributed by atoms with Crippen LogP contribution in [0.3, 0.4) is 0 Å². The quantitative estimate of drug-likeness (QED) is 0.233. The Labute approximate surface area is 188 Å². The average Bonchev–Trinajstić information content (AvgIpc) is 2.80. The Morgan fingerprint density at radius 3 is 2.19 bits per heavy atom. The molecule has 0 spiro atoms. The van der Waals surface area contributed by atoms with E-state index in [1.54, 1.807) is 18.2 Å². The second kappa shape index (κ2) is 9.10. The van der Waals surface area contributed by atoms with Crippen LogP contribution in [0.25, 0.3) is 10.8 Å². The number of aryl methyl sites for hydroxylation is 1. The Bertz CT molecular complexity index is 1300. The molecule has 0 aliphatic carbocycles. The van der Waals surface area contributed by atoms with Crippen LogP contribution in [0.2, 0.25) is 0 Å². The fourth-order valence-corrected chi connectivity index (χ4v) is 6.46. The standard InChI is InChI=1S/C26H23NO2S2/c1-3-25(22-11-5-4-6-12-22)27(31(28,29)23-18-16-20(2)17-19-23)30-26-15-9-13-21-10-7-8-14-24(21)26/h3-19,25H,1H2,2H3. The number of hydrogen-bond donors (Lipinski definition) is 0. The summed E-state index contributed by atoms with van der Waals surface area (Å²) in [4.78, 5) is 1.13. The van der Waals surface area contributed by atoms with E-state index in [0.717, 1.165) is 26.8 Å². The summed E-state index contributed by atoms with van der Waals surface area (Å²) in [6.45, 7) is 5.90. The number of sulfonamides is 1. The van der Waals surface area contributed by atoms with Gasteiger partial charge in [0.05, 0.1) is 10.9 Å². The average molecular weight is 446 g/mol. The van der Waals surface area contributed by atoms with E-state index >= 15 is 0 Å². The lowest BCUT2D eigenvalue weighted by molar-refractivity contribution is 0.515. The second-order valence-corrected chi connectivity index (χ2v) is 10.3. The highest BCUT2D eigenvalue weighted by Gasteiger charge is 2.32. The Hall–Kier alpha value is -2.86. The van der Waals surface area contributed by atoms with Crippen LogP contribution in [0.1, 0.15) is 17.2 Å². The highest BCUT2D eigenvalue weighted by molar-refractivity contribution is 8.08. The first-order valence-corrected chi connectivity index (χ1v) is 12.2. The zero-order chi connectivity index (χ0) is 21.8. The van der Waals surface area contributed by atoms with Gasteiger partial charge in [-0.3, -0.25) is 0 Å². The van der Waals surface area contributed by atoms with Crippen LogP contribution in [0, 0.1) is 6.92 Å². The van der Waals surface area contributed by atoms with E-state index in [4.69, 9.17) is 0 Å². The number of benzene rings is 4. The highest BCUT2D eigenvalue weighted by atomic mass is 32.3. The third-order valence-electron chi connectivity index (χ3n) is 5.09. The van der Waals surface area contributed by atoms with E-state index in [-0.39, 0.29) is 4.90 Å². The van der Waals surface area contributed by atoms with E-state index in [2.05, 4.69) is 6.58 Å². The maximum absolute atomic E-state index is 13.8. The molecule has 5 heteroatoms. The van der Waals surface area contributed by atoms with E-state index in [1.807, 2.05) is 91.9 Å². The third-order valence-corrected chi connectivity index (χ3v) is 8.43. The van der Waals surface area contributed by atoms with Crippen LogP contribution in [0.4, 0.5) is 0 Å². The van der Waals surface area contributed by atoms with Gasteiger partial charge >= 0.3 is 0 Å². The van der Waals surface area contributed by atoms with Crippen LogP contribution in [0.5, 0.6) is 0 Å². The Kier molecular flexibility index (Phi) is 6.28. The van der Waals surface area contributed by atoms with Crippen molar-refractivity contribution in [2.24, 2.45) is 0 Å². The van der Waals surface area contributed by atoms with E-state index < -0.39 is 16.1 Å². The lowest BCUT2D eigenvalue weighted by Crippen LogP contribution is -2.28. The summed E-state index contributed by atoms with van der Waals surface area (Å²) in [5, 5.41) is 2.07. The van der Waals surface area contributed by atoms with Crippen LogP contribution in [-0.4, -0.2) is 12.1 Å². The molecule has 0 aliphatic rings. The predicted molar refractivity (Wildman–Crippen MR) is 129 cm³/mol. The van der Waals surface area contributed by atoms with Gasteiger partial charge < -0.3 is 0 Å². The minimum atomic E-state index is -3.82. The molecule has 0 amide bonds. The van der Waals surface area contributed by atoms with Gasteiger partial charge in [0.25, 0.3) is 10.0 Å². The van der Waals surface area contributed by atoms with Crippen LogP contribution in [-0.2, 0) is 10.0 Å². The molecule has 0 aliphatic heterocycles. The van der Waals surface area contributed by atoms with Crippen molar-refractivity contribution < 1.29 is 8.42 Å². The Morgan fingerprint density at radius 2 is 1.48 bits per heavy atom. The highest BCUT2D eigenvalue weighted by Crippen LogP contribution is 2.40. The van der Waals surface area contributed by atoms with Crippen molar-refractivity contribution in [3.8, 4) is 0 Å².